The molecule has 92 valence electrons. The number of nitrogens with one attached hydrogen (secondary N) is 1. The molecule has 0 saturated carbocycles. The molecule has 0 bridgehead atoms. The highest BCUT2D eigenvalue weighted by atomic mass is 32.2. The first-order valence-corrected chi connectivity index (χ1v) is 6.70. The van der Waals surface area contributed by atoms with E-state index in [1.165, 1.54) is 5.56 Å². The third-order valence-corrected chi connectivity index (χ3v) is 3.56. The Morgan fingerprint density at radius 2 is 2.17 bits per heavy atom. The third kappa shape index (κ3) is 2.26. The van der Waals surface area contributed by atoms with Gasteiger partial charge in [-0.2, -0.15) is 0 Å². The molecular weight excluding hydrogens is 246 g/mol. The topological polar surface area (TPSA) is 54.7 Å². The van der Waals surface area contributed by atoms with Gasteiger partial charge in [-0.25, -0.2) is 4.98 Å². The van der Waals surface area contributed by atoms with Gasteiger partial charge in [0.1, 0.15) is 5.76 Å². The van der Waals surface area contributed by atoms with Crippen LogP contribution in [0.4, 0.5) is 0 Å². The lowest BCUT2D eigenvalue weighted by molar-refractivity contribution is 0.393. The van der Waals surface area contributed by atoms with E-state index in [2.05, 4.69) is 34.2 Å². The fraction of sp³-hybridized carbons (Fsp3) is 0.231. The molecular formula is C13H13N3OS. The first kappa shape index (κ1) is 11.3. The molecule has 3 aromatic rings. The number of aryl methyl sites for hydroxylation is 2. The molecule has 0 radical (unpaired) electrons. The summed E-state index contributed by atoms with van der Waals surface area (Å²) in [6.07, 6.45) is 0. The largest absolute Gasteiger partial charge is 0.361 e. The summed E-state index contributed by atoms with van der Waals surface area (Å²) in [5, 5.41) is 4.87. The van der Waals surface area contributed by atoms with Crippen molar-refractivity contribution >= 4 is 22.8 Å². The third-order valence-electron chi connectivity index (χ3n) is 2.65. The number of hydrogen-bond acceptors (Lipinski definition) is 4. The van der Waals surface area contributed by atoms with E-state index in [1.54, 1.807) is 11.8 Å². The fourth-order valence-electron chi connectivity index (χ4n) is 1.80. The summed E-state index contributed by atoms with van der Waals surface area (Å²) in [4.78, 5) is 7.83. The molecule has 5 heteroatoms. The van der Waals surface area contributed by atoms with Gasteiger partial charge in [-0.15, -0.1) is 0 Å². The van der Waals surface area contributed by atoms with Gasteiger partial charge in [0.15, 0.2) is 5.16 Å². The predicted octanol–water partition coefficient (Wildman–Crippen LogP) is 3.46. The molecule has 0 amide bonds. The number of fused-ring (bicyclic) bond motifs is 1. The van der Waals surface area contributed by atoms with E-state index in [4.69, 9.17) is 4.52 Å². The van der Waals surface area contributed by atoms with Gasteiger partial charge in [-0.05, 0) is 31.5 Å². The maximum atomic E-state index is 5.03. The smallest absolute Gasteiger partial charge is 0.166 e. The molecule has 4 nitrogen and oxygen atoms in total. The number of aromatic nitrogens is 3. The van der Waals surface area contributed by atoms with Crippen LogP contribution in [0.5, 0.6) is 0 Å². The minimum atomic E-state index is 0.760. The molecule has 18 heavy (non-hydrogen) atoms. The van der Waals surface area contributed by atoms with E-state index in [9.17, 15) is 0 Å². The number of thioether (sulfide) groups is 1. The Bertz CT molecular complexity index is 686. The summed E-state index contributed by atoms with van der Waals surface area (Å²) in [6, 6.07) is 8.15. The van der Waals surface area contributed by atoms with Crippen molar-refractivity contribution in [2.75, 3.05) is 0 Å². The lowest BCUT2D eigenvalue weighted by Gasteiger charge is -1.91. The molecule has 0 unspecified atom stereocenters. The molecule has 0 aliphatic carbocycles. The van der Waals surface area contributed by atoms with Gasteiger partial charge in [0.25, 0.3) is 0 Å². The maximum Gasteiger partial charge on any atom is 0.166 e. The zero-order chi connectivity index (χ0) is 12.5. The molecule has 0 atom stereocenters. The predicted molar refractivity (Wildman–Crippen MR) is 71.6 cm³/mol. The lowest BCUT2D eigenvalue weighted by atomic mass is 10.2. The molecule has 0 aliphatic rings. The first-order valence-electron chi connectivity index (χ1n) is 5.72. The minimum absolute atomic E-state index is 0.760. The molecule has 0 aliphatic heterocycles. The molecule has 2 aromatic heterocycles. The molecule has 0 saturated heterocycles. The second-order valence-corrected chi connectivity index (χ2v) is 5.24. The zero-order valence-electron chi connectivity index (χ0n) is 10.2. The van der Waals surface area contributed by atoms with Crippen molar-refractivity contribution in [1.29, 1.82) is 0 Å². The van der Waals surface area contributed by atoms with Gasteiger partial charge in [0.05, 0.1) is 16.7 Å². The van der Waals surface area contributed by atoms with Gasteiger partial charge < -0.3 is 9.51 Å². The highest BCUT2D eigenvalue weighted by Crippen LogP contribution is 2.23. The van der Waals surface area contributed by atoms with E-state index in [0.717, 1.165) is 33.4 Å². The van der Waals surface area contributed by atoms with Crippen LogP contribution in [0.25, 0.3) is 11.0 Å². The van der Waals surface area contributed by atoms with Crippen molar-refractivity contribution in [1.82, 2.24) is 15.1 Å². The number of nitrogens with zero attached hydrogens (tertiary/aromatic N) is 2. The van der Waals surface area contributed by atoms with Crippen LogP contribution < -0.4 is 0 Å². The Morgan fingerprint density at radius 1 is 1.28 bits per heavy atom. The Hall–Kier alpha value is -1.75. The van der Waals surface area contributed by atoms with E-state index in [0.29, 0.717) is 0 Å². The summed E-state index contributed by atoms with van der Waals surface area (Å²) >= 11 is 1.63. The van der Waals surface area contributed by atoms with Crippen LogP contribution >= 0.6 is 11.8 Å². The normalized spacial score (nSPS) is 11.2. The van der Waals surface area contributed by atoms with E-state index in [1.807, 2.05) is 19.1 Å². The molecule has 1 aromatic carbocycles. The highest BCUT2D eigenvalue weighted by molar-refractivity contribution is 7.98. The average Bonchev–Trinajstić information content (AvgIpc) is 2.92. The van der Waals surface area contributed by atoms with Gasteiger partial charge >= 0.3 is 0 Å². The van der Waals surface area contributed by atoms with Crippen LogP contribution in [-0.2, 0) is 5.75 Å². The average molecular weight is 259 g/mol. The second kappa shape index (κ2) is 4.49. The van der Waals surface area contributed by atoms with Crippen molar-refractivity contribution in [3.63, 3.8) is 0 Å². The van der Waals surface area contributed by atoms with Crippen LogP contribution in [0.3, 0.4) is 0 Å². The zero-order valence-corrected chi connectivity index (χ0v) is 11.0. The highest BCUT2D eigenvalue weighted by Gasteiger charge is 2.06. The van der Waals surface area contributed by atoms with Crippen LogP contribution in [-0.4, -0.2) is 15.1 Å². The lowest BCUT2D eigenvalue weighted by Crippen LogP contribution is -1.80. The minimum Gasteiger partial charge on any atom is -0.361 e. The van der Waals surface area contributed by atoms with Crippen LogP contribution in [0.1, 0.15) is 17.0 Å². The Kier molecular flexibility index (Phi) is 2.83. The SMILES string of the molecule is Cc1ccc2nc(SCc3cc(C)on3)[nH]c2c1. The van der Waals surface area contributed by atoms with Crippen molar-refractivity contribution in [2.45, 2.75) is 24.8 Å². The van der Waals surface area contributed by atoms with Crippen molar-refractivity contribution in [3.05, 3.63) is 41.3 Å². The van der Waals surface area contributed by atoms with Crippen LogP contribution in [0, 0.1) is 13.8 Å². The number of H-pyrrole nitrogens is 1. The Balaban J connectivity index is 1.78. The monoisotopic (exact) mass is 259 g/mol. The molecule has 1 N–H and O–H groups in total. The van der Waals surface area contributed by atoms with Crippen molar-refractivity contribution < 1.29 is 4.52 Å². The fourth-order valence-corrected chi connectivity index (χ4v) is 2.56. The van der Waals surface area contributed by atoms with Gasteiger partial charge in [-0.1, -0.05) is 23.0 Å². The van der Waals surface area contributed by atoms with Crippen molar-refractivity contribution in [3.8, 4) is 0 Å². The number of aromatic amines is 1. The van der Waals surface area contributed by atoms with Crippen LogP contribution in [0.2, 0.25) is 0 Å². The summed E-state index contributed by atoms with van der Waals surface area (Å²) < 4.78 is 5.03. The van der Waals surface area contributed by atoms with Gasteiger partial charge in [0, 0.05) is 11.8 Å². The Morgan fingerprint density at radius 3 is 2.94 bits per heavy atom. The second-order valence-electron chi connectivity index (χ2n) is 4.28. The molecule has 0 fully saturated rings. The summed E-state index contributed by atoms with van der Waals surface area (Å²) in [6.45, 7) is 3.97. The van der Waals surface area contributed by atoms with Gasteiger partial charge in [0.2, 0.25) is 0 Å². The van der Waals surface area contributed by atoms with Crippen molar-refractivity contribution in [2.24, 2.45) is 0 Å². The standard InChI is InChI=1S/C13H13N3OS/c1-8-3-4-11-12(5-8)15-13(14-11)18-7-10-6-9(2)17-16-10/h3-6H,7H2,1-2H3,(H,14,15). The Labute approximate surface area is 109 Å². The van der Waals surface area contributed by atoms with Gasteiger partial charge in [-0.3, -0.25) is 0 Å². The molecule has 0 spiro atoms. The van der Waals surface area contributed by atoms with E-state index >= 15 is 0 Å². The number of imidazole rings is 1. The number of rotatable bonds is 3. The number of benzene rings is 1. The molecule has 3 rings (SSSR count). The maximum absolute atomic E-state index is 5.03. The number of hydrogen-bond donors (Lipinski definition) is 1. The molecule has 2 heterocycles. The summed E-state index contributed by atoms with van der Waals surface area (Å²) in [5.74, 6) is 1.60. The summed E-state index contributed by atoms with van der Waals surface area (Å²) in [5.41, 5.74) is 4.25. The quantitative estimate of drug-likeness (QED) is 0.732. The first-order chi connectivity index (χ1) is 8.70. The summed E-state index contributed by atoms with van der Waals surface area (Å²) in [7, 11) is 0. The van der Waals surface area contributed by atoms with E-state index in [-0.39, 0.29) is 0 Å². The van der Waals surface area contributed by atoms with Crippen LogP contribution in [0.15, 0.2) is 33.9 Å². The van der Waals surface area contributed by atoms with E-state index < -0.39 is 0 Å².